The Morgan fingerprint density at radius 2 is 0.878 bits per heavy atom. The van der Waals surface area contributed by atoms with Crippen LogP contribution in [0.1, 0.15) is 16.4 Å². The minimum Gasteiger partial charge on any atom is -0.456 e. The van der Waals surface area contributed by atoms with Crippen LogP contribution in [0.2, 0.25) is 0 Å². The van der Waals surface area contributed by atoms with Gasteiger partial charge in [-0.05, 0) is 107 Å². The van der Waals surface area contributed by atoms with Crippen molar-refractivity contribution in [1.29, 1.82) is 0 Å². The summed E-state index contributed by atoms with van der Waals surface area (Å²) >= 11 is 0. The van der Waals surface area contributed by atoms with Crippen molar-refractivity contribution in [3.8, 4) is 44.5 Å². The Bertz CT molecular complexity index is 3490. The first-order chi connectivity index (χ1) is 29.3. The lowest BCUT2D eigenvalue weighted by Crippen LogP contribution is -1.91. The second-order valence-electron chi connectivity index (χ2n) is 11.8. The molecule has 1 nitrogen and oxygen atoms in total. The molecule has 0 saturated heterocycles. The zero-order valence-electron chi connectivity index (χ0n) is 37.8. The maximum Gasteiger partial charge on any atom is 0.136 e. The van der Waals surface area contributed by atoms with E-state index < -0.39 is 12.1 Å². The number of hydrogen-bond acceptors (Lipinski definition) is 1. The van der Waals surface area contributed by atoms with Crippen molar-refractivity contribution >= 4 is 54.3 Å². The van der Waals surface area contributed by atoms with Gasteiger partial charge < -0.3 is 4.42 Å². The molecule has 10 aromatic rings. The fourth-order valence-corrected chi connectivity index (χ4v) is 6.81. The largest absolute Gasteiger partial charge is 0.456 e. The maximum atomic E-state index is 9.68. The Morgan fingerprint density at radius 1 is 0.367 bits per heavy atom. The lowest BCUT2D eigenvalue weighted by molar-refractivity contribution is 0.669. The summed E-state index contributed by atoms with van der Waals surface area (Å²) in [5.41, 5.74) is 2.13. The summed E-state index contributed by atoms with van der Waals surface area (Å²) in [6, 6.07) is 28.1. The van der Waals surface area contributed by atoms with Crippen LogP contribution in [-0.2, 0) is 0 Å². The van der Waals surface area contributed by atoms with Crippen LogP contribution in [0.25, 0.3) is 98.8 Å². The topological polar surface area (TPSA) is 13.1 Å². The van der Waals surface area contributed by atoms with Gasteiger partial charge in [-0.25, -0.2) is 0 Å². The molecule has 0 N–H and O–H groups in total. The Balaban J connectivity index is 1.37. The van der Waals surface area contributed by atoms with Crippen molar-refractivity contribution in [2.24, 2.45) is 0 Å². The summed E-state index contributed by atoms with van der Waals surface area (Å²) in [6.07, 6.45) is 0. The van der Waals surface area contributed by atoms with Crippen molar-refractivity contribution in [2.45, 2.75) is 0 Å². The number of rotatable bonds is 4. The summed E-state index contributed by atoms with van der Waals surface area (Å²) in [5.74, 6) is 0. The lowest BCUT2D eigenvalue weighted by atomic mass is 9.84. The molecule has 0 atom stereocenters. The van der Waals surface area contributed by atoms with Crippen LogP contribution < -0.4 is 0 Å². The van der Waals surface area contributed by atoms with E-state index in [-0.39, 0.29) is 115 Å². The molecule has 10 rings (SSSR count). The molecule has 0 aliphatic heterocycles. The van der Waals surface area contributed by atoms with Crippen LogP contribution in [0.3, 0.4) is 0 Å². The zero-order valence-corrected chi connectivity index (χ0v) is 25.8. The van der Waals surface area contributed by atoms with Gasteiger partial charge in [-0.2, -0.15) is 0 Å². The fourth-order valence-electron chi connectivity index (χ4n) is 6.81. The van der Waals surface area contributed by atoms with Crippen molar-refractivity contribution < 1.29 is 20.9 Å². The molecule has 49 heavy (non-hydrogen) atoms. The standard InChI is InChI=1S/C48H30O/c1-3-12-31(13-4-1)33-22-23-35-29-37(25-24-34(35)28-33)46-38-16-7-9-18-40(38)47(41-19-10-8-17-39(41)46)42-20-11-21-45-48(42)43-30-36(26-27-44(43)49-45)32-14-5-2-6-15-32/h1-30H/i11D,20D,21D,22D,23D,24D,25D,26D,27D,28D,29D,30D. The van der Waals surface area contributed by atoms with Crippen molar-refractivity contribution in [1.82, 2.24) is 0 Å². The van der Waals surface area contributed by atoms with Crippen molar-refractivity contribution in [2.75, 3.05) is 0 Å². The van der Waals surface area contributed by atoms with Gasteiger partial charge in [0, 0.05) is 10.8 Å². The van der Waals surface area contributed by atoms with Crippen LogP contribution in [0.4, 0.5) is 0 Å². The quantitative estimate of drug-likeness (QED) is 0.176. The molecule has 0 saturated carbocycles. The highest BCUT2D eigenvalue weighted by Gasteiger charge is 2.20. The molecule has 1 aromatic heterocycles. The maximum absolute atomic E-state index is 9.68. The fraction of sp³-hybridized carbons (Fsp3) is 0. The highest BCUT2D eigenvalue weighted by atomic mass is 16.3. The van der Waals surface area contributed by atoms with Crippen LogP contribution in [0, 0.1) is 0 Å². The normalized spacial score (nSPS) is 15.1. The van der Waals surface area contributed by atoms with Gasteiger partial charge in [-0.1, -0.05) is 151 Å². The summed E-state index contributed by atoms with van der Waals surface area (Å²) < 4.78 is 117. The van der Waals surface area contributed by atoms with E-state index in [2.05, 4.69) is 0 Å². The number of fused-ring (bicyclic) bond motifs is 6. The molecule has 0 aliphatic rings. The average molecular weight is 635 g/mol. The Kier molecular flexibility index (Phi) is 4.11. The van der Waals surface area contributed by atoms with E-state index in [4.69, 9.17) is 11.3 Å². The van der Waals surface area contributed by atoms with E-state index in [1.54, 1.807) is 109 Å². The summed E-state index contributed by atoms with van der Waals surface area (Å²) in [7, 11) is 0. The van der Waals surface area contributed by atoms with Gasteiger partial charge in [-0.3, -0.25) is 0 Å². The number of benzene rings is 9. The number of furan rings is 1. The average Bonchev–Trinajstić information content (AvgIpc) is 3.68. The van der Waals surface area contributed by atoms with Gasteiger partial charge in [0.25, 0.3) is 0 Å². The molecule has 1 heteroatoms. The Hall–Kier alpha value is -6.44. The predicted octanol–water partition coefficient (Wildman–Crippen LogP) is 13.7. The molecule has 0 bridgehead atoms. The molecule has 228 valence electrons. The first-order valence-corrected chi connectivity index (χ1v) is 15.9. The molecule has 0 fully saturated rings. The van der Waals surface area contributed by atoms with Gasteiger partial charge in [0.15, 0.2) is 0 Å². The summed E-state index contributed by atoms with van der Waals surface area (Å²) in [6.45, 7) is 0. The minimum absolute atomic E-state index is 0.0201. The van der Waals surface area contributed by atoms with E-state index in [0.717, 1.165) is 0 Å². The first kappa shape index (κ1) is 18.2. The van der Waals surface area contributed by atoms with Gasteiger partial charge in [0.2, 0.25) is 0 Å². The van der Waals surface area contributed by atoms with Gasteiger partial charge in [0.05, 0.1) is 16.4 Å². The van der Waals surface area contributed by atoms with E-state index in [1.807, 2.05) is 0 Å². The second kappa shape index (κ2) is 11.1. The third-order valence-electron chi connectivity index (χ3n) is 9.00. The first-order valence-electron chi connectivity index (χ1n) is 21.9. The third-order valence-corrected chi connectivity index (χ3v) is 9.00. The third kappa shape index (κ3) is 4.47. The van der Waals surface area contributed by atoms with Crippen LogP contribution in [0.15, 0.2) is 186 Å². The molecular formula is C48H30O. The summed E-state index contributed by atoms with van der Waals surface area (Å²) in [5, 5.41) is 2.13. The minimum atomic E-state index is -0.447. The SMILES string of the molecule is [2H]c1c(-c2ccccc2)c([2H])c2c(oc3c([2H])c([2H])c([2H])c(-c4c5ccccc5c(-c5c([2H])c([2H])c6c([2H])c(-c7ccccc7)c([2H])c([2H])c6c5[2H])c5ccccc45)c32)c1[2H]. The van der Waals surface area contributed by atoms with Crippen LogP contribution in [0.5, 0.6) is 0 Å². The zero-order chi connectivity index (χ0) is 42.8. The highest BCUT2D eigenvalue weighted by molar-refractivity contribution is 6.26. The van der Waals surface area contributed by atoms with Crippen molar-refractivity contribution in [3.63, 3.8) is 0 Å². The molecule has 0 radical (unpaired) electrons. The highest BCUT2D eigenvalue weighted by Crippen LogP contribution is 2.47. The molecule has 0 unspecified atom stereocenters. The van der Waals surface area contributed by atoms with Gasteiger partial charge in [-0.15, -0.1) is 0 Å². The second-order valence-corrected chi connectivity index (χ2v) is 11.8. The van der Waals surface area contributed by atoms with Gasteiger partial charge >= 0.3 is 0 Å². The van der Waals surface area contributed by atoms with E-state index >= 15 is 0 Å². The molecule has 9 aromatic carbocycles. The molecular weight excluding hydrogens is 593 g/mol. The monoisotopic (exact) mass is 634 g/mol. The molecule has 0 aliphatic carbocycles. The summed E-state index contributed by atoms with van der Waals surface area (Å²) in [4.78, 5) is 0. The van der Waals surface area contributed by atoms with Crippen LogP contribution in [-0.4, -0.2) is 0 Å². The van der Waals surface area contributed by atoms with E-state index in [1.165, 1.54) is 0 Å². The predicted molar refractivity (Wildman–Crippen MR) is 208 cm³/mol. The Labute approximate surface area is 301 Å². The number of hydrogen-bond donors (Lipinski definition) is 0. The van der Waals surface area contributed by atoms with E-state index in [9.17, 15) is 9.60 Å². The van der Waals surface area contributed by atoms with Crippen molar-refractivity contribution in [3.05, 3.63) is 182 Å². The molecule has 0 amide bonds. The smallest absolute Gasteiger partial charge is 0.136 e. The molecule has 1 heterocycles. The molecule has 0 spiro atoms. The van der Waals surface area contributed by atoms with Crippen LogP contribution >= 0.6 is 0 Å². The van der Waals surface area contributed by atoms with E-state index in [0.29, 0.717) is 43.8 Å². The lowest BCUT2D eigenvalue weighted by Gasteiger charge is -2.18. The Morgan fingerprint density at radius 3 is 1.51 bits per heavy atom. The van der Waals surface area contributed by atoms with Gasteiger partial charge in [0.1, 0.15) is 11.2 Å².